The second kappa shape index (κ2) is 5.88. The number of alkyl halides is 3. The number of hydrogen-bond acceptors (Lipinski definition) is 2. The van der Waals surface area contributed by atoms with Gasteiger partial charge in [-0.05, 0) is 43.0 Å². The van der Waals surface area contributed by atoms with Crippen LogP contribution in [0.25, 0.3) is 5.69 Å². The number of rotatable bonds is 4. The summed E-state index contributed by atoms with van der Waals surface area (Å²) in [6, 6.07) is 5.75. The van der Waals surface area contributed by atoms with Gasteiger partial charge in [-0.3, -0.25) is 4.79 Å². The van der Waals surface area contributed by atoms with Gasteiger partial charge in [-0.2, -0.15) is 18.3 Å². The zero-order valence-corrected chi connectivity index (χ0v) is 12.7. The number of benzene rings is 1. The topological polar surface area (TPSA) is 46.9 Å². The molecule has 4 nitrogen and oxygen atoms in total. The van der Waals surface area contributed by atoms with Crippen molar-refractivity contribution in [3.63, 3.8) is 0 Å². The van der Waals surface area contributed by atoms with E-state index >= 15 is 0 Å². The zero-order chi connectivity index (χ0) is 16.6. The summed E-state index contributed by atoms with van der Waals surface area (Å²) < 4.78 is 40.9. The van der Waals surface area contributed by atoms with Gasteiger partial charge >= 0.3 is 6.18 Å². The minimum Gasteiger partial charge on any atom is -0.352 e. The Balaban J connectivity index is 1.96. The lowest BCUT2D eigenvalue weighted by molar-refractivity contribution is -0.143. The number of aromatic nitrogens is 2. The monoisotopic (exact) mass is 343 g/mol. The lowest BCUT2D eigenvalue weighted by atomic mass is 10.2. The van der Waals surface area contributed by atoms with Crippen LogP contribution in [0, 0.1) is 5.92 Å². The number of carbonyl (C=O) groups excluding carboxylic acids is 1. The van der Waals surface area contributed by atoms with Gasteiger partial charge in [-0.1, -0.05) is 11.6 Å². The summed E-state index contributed by atoms with van der Waals surface area (Å²) in [7, 11) is 0. The number of carbonyl (C=O) groups is 1. The molecule has 0 radical (unpaired) electrons. The Morgan fingerprint density at radius 3 is 2.52 bits per heavy atom. The predicted octanol–water partition coefficient (Wildman–Crippen LogP) is 3.68. The van der Waals surface area contributed by atoms with Crippen molar-refractivity contribution in [3.05, 3.63) is 46.7 Å². The summed E-state index contributed by atoms with van der Waals surface area (Å²) in [4.78, 5) is 12.1. The van der Waals surface area contributed by atoms with Gasteiger partial charge in [0.25, 0.3) is 5.91 Å². The van der Waals surface area contributed by atoms with Crippen molar-refractivity contribution in [3.8, 4) is 5.69 Å². The number of nitrogens with one attached hydrogen (secondary N) is 1. The molecule has 0 aliphatic heterocycles. The standard InChI is InChI=1S/C15H13ClF3N3O/c16-10-3-5-11(6-4-10)22-13(15(17,18)19)12(8-21-22)14(23)20-7-9-1-2-9/h3-6,8-9H,1-2,7H2,(H,20,23). The molecule has 1 aromatic carbocycles. The quantitative estimate of drug-likeness (QED) is 0.920. The highest BCUT2D eigenvalue weighted by Gasteiger charge is 2.40. The van der Waals surface area contributed by atoms with Crippen molar-refractivity contribution in [2.75, 3.05) is 6.54 Å². The molecule has 23 heavy (non-hydrogen) atoms. The molecule has 1 aliphatic rings. The predicted molar refractivity (Wildman–Crippen MR) is 78.6 cm³/mol. The summed E-state index contributed by atoms with van der Waals surface area (Å²) in [5.41, 5.74) is -1.39. The first kappa shape index (κ1) is 15.9. The van der Waals surface area contributed by atoms with E-state index in [1.54, 1.807) is 0 Å². The maximum absolute atomic E-state index is 13.4. The molecule has 1 aromatic heterocycles. The number of halogens is 4. The van der Waals surface area contributed by atoms with Crippen LogP contribution in [0.15, 0.2) is 30.5 Å². The molecule has 0 unspecified atom stereocenters. The normalized spacial score (nSPS) is 14.8. The molecule has 0 saturated heterocycles. The van der Waals surface area contributed by atoms with Gasteiger partial charge in [0.15, 0.2) is 5.69 Å². The summed E-state index contributed by atoms with van der Waals surface area (Å²) in [5.74, 6) is -0.385. The Morgan fingerprint density at radius 1 is 1.30 bits per heavy atom. The number of hydrogen-bond donors (Lipinski definition) is 1. The first-order valence-corrected chi connectivity index (χ1v) is 7.43. The molecule has 8 heteroatoms. The van der Waals surface area contributed by atoms with Crippen molar-refractivity contribution in [1.82, 2.24) is 15.1 Å². The van der Waals surface area contributed by atoms with Crippen LogP contribution < -0.4 is 5.32 Å². The van der Waals surface area contributed by atoms with E-state index in [1.165, 1.54) is 24.3 Å². The van der Waals surface area contributed by atoms with Crippen LogP contribution in [-0.4, -0.2) is 22.2 Å². The zero-order valence-electron chi connectivity index (χ0n) is 11.9. The minimum absolute atomic E-state index is 0.183. The van der Waals surface area contributed by atoms with E-state index in [0.29, 0.717) is 22.2 Å². The number of amides is 1. The summed E-state index contributed by atoms with van der Waals surface area (Å²) in [6.07, 6.45) is -1.77. The van der Waals surface area contributed by atoms with Crippen molar-refractivity contribution in [2.45, 2.75) is 19.0 Å². The largest absolute Gasteiger partial charge is 0.434 e. The van der Waals surface area contributed by atoms with Crippen molar-refractivity contribution in [1.29, 1.82) is 0 Å². The van der Waals surface area contributed by atoms with E-state index < -0.39 is 23.3 Å². The molecule has 1 heterocycles. The van der Waals surface area contributed by atoms with Crippen LogP contribution in [0.3, 0.4) is 0 Å². The van der Waals surface area contributed by atoms with Crippen LogP contribution >= 0.6 is 11.6 Å². The first-order chi connectivity index (χ1) is 10.9. The summed E-state index contributed by atoms with van der Waals surface area (Å²) in [6.45, 7) is 0.391. The highest BCUT2D eigenvalue weighted by Crippen LogP contribution is 2.34. The maximum atomic E-state index is 13.4. The van der Waals surface area contributed by atoms with Crippen LogP contribution in [0.1, 0.15) is 28.9 Å². The maximum Gasteiger partial charge on any atom is 0.434 e. The van der Waals surface area contributed by atoms with Crippen molar-refractivity contribution in [2.24, 2.45) is 5.92 Å². The van der Waals surface area contributed by atoms with Crippen LogP contribution in [-0.2, 0) is 6.18 Å². The second-order valence-electron chi connectivity index (χ2n) is 5.45. The van der Waals surface area contributed by atoms with Gasteiger partial charge in [-0.25, -0.2) is 4.68 Å². The molecule has 2 aromatic rings. The fraction of sp³-hybridized carbons (Fsp3) is 0.333. The van der Waals surface area contributed by atoms with Gasteiger partial charge in [0.1, 0.15) is 0 Å². The van der Waals surface area contributed by atoms with Gasteiger partial charge in [0, 0.05) is 11.6 Å². The molecule has 122 valence electrons. The molecule has 0 bridgehead atoms. The first-order valence-electron chi connectivity index (χ1n) is 7.05. The van der Waals surface area contributed by atoms with Gasteiger partial charge in [-0.15, -0.1) is 0 Å². The summed E-state index contributed by atoms with van der Waals surface area (Å²) in [5, 5.41) is 6.67. The Labute approximate surface area is 135 Å². The van der Waals surface area contributed by atoms with Crippen LogP contribution in [0.2, 0.25) is 5.02 Å². The molecular weight excluding hydrogens is 331 g/mol. The lowest BCUT2D eigenvalue weighted by Gasteiger charge is -2.13. The van der Waals surface area contributed by atoms with E-state index in [-0.39, 0.29) is 5.69 Å². The molecule has 0 spiro atoms. The third-order valence-corrected chi connectivity index (χ3v) is 3.85. The van der Waals surface area contributed by atoms with Crippen molar-refractivity contribution < 1.29 is 18.0 Å². The molecule has 1 saturated carbocycles. The van der Waals surface area contributed by atoms with Gasteiger partial charge in [0.2, 0.25) is 0 Å². The molecule has 1 fully saturated rings. The van der Waals surface area contributed by atoms with Gasteiger partial charge in [0.05, 0.1) is 17.4 Å². The molecule has 1 aliphatic carbocycles. The van der Waals surface area contributed by atoms with E-state index in [4.69, 9.17) is 11.6 Å². The molecule has 1 amide bonds. The smallest absolute Gasteiger partial charge is 0.352 e. The Bertz CT molecular complexity index is 721. The average Bonchev–Trinajstić information content (AvgIpc) is 3.20. The van der Waals surface area contributed by atoms with E-state index in [9.17, 15) is 18.0 Å². The SMILES string of the molecule is O=C(NCC1CC1)c1cnn(-c2ccc(Cl)cc2)c1C(F)(F)F. The average molecular weight is 344 g/mol. The Kier molecular flexibility index (Phi) is 4.06. The molecule has 1 N–H and O–H groups in total. The van der Waals surface area contributed by atoms with E-state index in [2.05, 4.69) is 10.4 Å². The third kappa shape index (κ3) is 3.50. The number of nitrogens with zero attached hydrogens (tertiary/aromatic N) is 2. The third-order valence-electron chi connectivity index (χ3n) is 3.60. The summed E-state index contributed by atoms with van der Waals surface area (Å²) >= 11 is 5.75. The lowest BCUT2D eigenvalue weighted by Crippen LogP contribution is -2.28. The van der Waals surface area contributed by atoms with E-state index in [0.717, 1.165) is 19.0 Å². The highest BCUT2D eigenvalue weighted by molar-refractivity contribution is 6.30. The fourth-order valence-corrected chi connectivity index (χ4v) is 2.35. The molecule has 0 atom stereocenters. The van der Waals surface area contributed by atoms with E-state index in [1.807, 2.05) is 0 Å². The second-order valence-corrected chi connectivity index (χ2v) is 5.88. The van der Waals surface area contributed by atoms with Crippen LogP contribution in [0.4, 0.5) is 13.2 Å². The van der Waals surface area contributed by atoms with Crippen molar-refractivity contribution >= 4 is 17.5 Å². The Morgan fingerprint density at radius 2 is 1.96 bits per heavy atom. The fourth-order valence-electron chi connectivity index (χ4n) is 2.22. The van der Waals surface area contributed by atoms with Gasteiger partial charge < -0.3 is 5.32 Å². The molecular formula is C15H13ClF3N3O. The minimum atomic E-state index is -4.71. The highest BCUT2D eigenvalue weighted by atomic mass is 35.5. The Hall–Kier alpha value is -2.02. The van der Waals surface area contributed by atoms with Crippen LogP contribution in [0.5, 0.6) is 0 Å². The molecule has 3 rings (SSSR count).